The lowest BCUT2D eigenvalue weighted by atomic mass is 9.85. The molecule has 0 amide bonds. The van der Waals surface area contributed by atoms with Crippen LogP contribution in [-0.4, -0.2) is 16.4 Å². The number of hydrogen-bond donors (Lipinski definition) is 0. The molecule has 2 aliphatic heterocycles. The molecule has 0 N–H and O–H groups in total. The van der Waals surface area contributed by atoms with E-state index in [2.05, 4.69) is 16.9 Å². The van der Waals surface area contributed by atoms with Crippen molar-refractivity contribution >= 4 is 40.4 Å². The van der Waals surface area contributed by atoms with E-state index in [1.807, 2.05) is 11.8 Å². The summed E-state index contributed by atoms with van der Waals surface area (Å²) in [5.41, 5.74) is 1.51. The second kappa shape index (κ2) is 3.52. The molecule has 3 rings (SSSR count). The molecule has 78 valence electrons. The van der Waals surface area contributed by atoms with Gasteiger partial charge in [0.1, 0.15) is 11.3 Å². The van der Waals surface area contributed by atoms with Crippen LogP contribution in [0.25, 0.3) is 0 Å². The Labute approximate surface area is 99.0 Å². The SMILES string of the molecule is CC1CCC2=C(C1)SC1=NC=NC(=S)C12. The van der Waals surface area contributed by atoms with Crippen molar-refractivity contribution in [3.8, 4) is 0 Å². The standard InChI is InChI=1S/C11H12N2S2/c1-6-2-3-7-8(4-6)15-11-9(7)10(14)12-5-13-11/h5-6,9H,2-4H2,1H3. The molecule has 0 aromatic rings. The fraction of sp³-hybridized carbons (Fsp3) is 0.545. The summed E-state index contributed by atoms with van der Waals surface area (Å²) in [6, 6.07) is 0. The van der Waals surface area contributed by atoms with E-state index in [-0.39, 0.29) is 5.92 Å². The molecule has 1 aliphatic carbocycles. The van der Waals surface area contributed by atoms with Crippen molar-refractivity contribution < 1.29 is 0 Å². The predicted molar refractivity (Wildman–Crippen MR) is 69.6 cm³/mol. The van der Waals surface area contributed by atoms with Gasteiger partial charge in [-0.25, -0.2) is 9.98 Å². The van der Waals surface area contributed by atoms with Crippen molar-refractivity contribution in [2.75, 3.05) is 0 Å². The maximum Gasteiger partial charge on any atom is 0.118 e. The first kappa shape index (κ1) is 9.73. The zero-order valence-corrected chi connectivity index (χ0v) is 10.2. The maximum absolute atomic E-state index is 5.31. The van der Waals surface area contributed by atoms with E-state index in [4.69, 9.17) is 12.2 Å². The predicted octanol–water partition coefficient (Wildman–Crippen LogP) is 3.19. The molecule has 0 aromatic carbocycles. The molecular formula is C11H12N2S2. The van der Waals surface area contributed by atoms with Gasteiger partial charge in [-0.05, 0) is 35.7 Å². The monoisotopic (exact) mass is 236 g/mol. The Balaban J connectivity index is 1.99. The first-order valence-corrected chi connectivity index (χ1v) is 6.52. The van der Waals surface area contributed by atoms with Gasteiger partial charge in [-0.2, -0.15) is 0 Å². The first-order valence-electron chi connectivity index (χ1n) is 5.29. The molecule has 3 aliphatic rings. The molecule has 0 aromatic heterocycles. The highest BCUT2D eigenvalue weighted by Crippen LogP contribution is 2.48. The molecule has 0 spiro atoms. The third-order valence-corrected chi connectivity index (χ3v) is 4.81. The van der Waals surface area contributed by atoms with Gasteiger partial charge in [-0.3, -0.25) is 0 Å². The Morgan fingerprint density at radius 1 is 1.53 bits per heavy atom. The summed E-state index contributed by atoms with van der Waals surface area (Å²) in [6.07, 6.45) is 5.28. The fourth-order valence-electron chi connectivity index (χ4n) is 2.41. The van der Waals surface area contributed by atoms with Crippen LogP contribution < -0.4 is 0 Å². The van der Waals surface area contributed by atoms with Gasteiger partial charge in [0.25, 0.3) is 0 Å². The molecule has 0 saturated carbocycles. The van der Waals surface area contributed by atoms with Gasteiger partial charge < -0.3 is 0 Å². The van der Waals surface area contributed by atoms with E-state index in [1.54, 1.807) is 6.34 Å². The molecule has 4 heteroatoms. The van der Waals surface area contributed by atoms with Crippen LogP contribution in [0.3, 0.4) is 0 Å². The van der Waals surface area contributed by atoms with Crippen LogP contribution in [0.1, 0.15) is 26.2 Å². The van der Waals surface area contributed by atoms with Crippen LogP contribution >= 0.6 is 24.0 Å². The molecule has 0 saturated heterocycles. The zero-order valence-electron chi connectivity index (χ0n) is 8.56. The van der Waals surface area contributed by atoms with E-state index < -0.39 is 0 Å². The number of thiocarbonyl (C=S) groups is 1. The Morgan fingerprint density at radius 2 is 2.40 bits per heavy atom. The Kier molecular flexibility index (Phi) is 2.29. The van der Waals surface area contributed by atoms with Crippen LogP contribution in [0.4, 0.5) is 0 Å². The lowest BCUT2D eigenvalue weighted by Gasteiger charge is -2.22. The van der Waals surface area contributed by atoms with Crippen LogP contribution in [0.2, 0.25) is 0 Å². The van der Waals surface area contributed by atoms with Crippen LogP contribution in [0, 0.1) is 11.8 Å². The van der Waals surface area contributed by atoms with E-state index in [0.717, 1.165) is 16.0 Å². The van der Waals surface area contributed by atoms with Crippen molar-refractivity contribution in [3.63, 3.8) is 0 Å². The summed E-state index contributed by atoms with van der Waals surface area (Å²) >= 11 is 7.15. The fourth-order valence-corrected chi connectivity index (χ4v) is 4.23. The van der Waals surface area contributed by atoms with Gasteiger partial charge >= 0.3 is 0 Å². The lowest BCUT2D eigenvalue weighted by molar-refractivity contribution is 0.504. The summed E-state index contributed by atoms with van der Waals surface area (Å²) in [5, 5.41) is 1.16. The smallest absolute Gasteiger partial charge is 0.118 e. The lowest BCUT2D eigenvalue weighted by Crippen LogP contribution is -2.21. The number of allylic oxidation sites excluding steroid dienone is 1. The minimum atomic E-state index is 0.262. The summed E-state index contributed by atoms with van der Waals surface area (Å²) in [6.45, 7) is 2.32. The summed E-state index contributed by atoms with van der Waals surface area (Å²) in [4.78, 5) is 10.8. The van der Waals surface area contributed by atoms with E-state index in [0.29, 0.717) is 0 Å². The average Bonchev–Trinajstić information content (AvgIpc) is 2.56. The minimum absolute atomic E-state index is 0.262. The van der Waals surface area contributed by atoms with Crippen molar-refractivity contribution in [2.45, 2.75) is 26.2 Å². The second-order valence-electron chi connectivity index (χ2n) is 4.38. The highest BCUT2D eigenvalue weighted by molar-refractivity contribution is 8.17. The van der Waals surface area contributed by atoms with E-state index >= 15 is 0 Å². The highest BCUT2D eigenvalue weighted by Gasteiger charge is 2.38. The number of nitrogens with zero attached hydrogens (tertiary/aromatic N) is 2. The van der Waals surface area contributed by atoms with Crippen molar-refractivity contribution in [2.24, 2.45) is 21.8 Å². The van der Waals surface area contributed by atoms with Gasteiger partial charge in [0, 0.05) is 0 Å². The van der Waals surface area contributed by atoms with Gasteiger partial charge in [0.2, 0.25) is 0 Å². The molecule has 0 radical (unpaired) electrons. The van der Waals surface area contributed by atoms with E-state index in [9.17, 15) is 0 Å². The number of hydrogen-bond acceptors (Lipinski definition) is 3. The topological polar surface area (TPSA) is 24.7 Å². The summed E-state index contributed by atoms with van der Waals surface area (Å²) < 4.78 is 0. The van der Waals surface area contributed by atoms with Crippen molar-refractivity contribution in [3.05, 3.63) is 10.5 Å². The van der Waals surface area contributed by atoms with Crippen molar-refractivity contribution in [1.29, 1.82) is 0 Å². The summed E-state index contributed by atoms with van der Waals surface area (Å²) in [7, 11) is 0. The largest absolute Gasteiger partial charge is 0.233 e. The van der Waals surface area contributed by atoms with Crippen molar-refractivity contribution in [1.82, 2.24) is 0 Å². The van der Waals surface area contributed by atoms with Crippen LogP contribution in [0.15, 0.2) is 20.5 Å². The molecule has 0 fully saturated rings. The van der Waals surface area contributed by atoms with Crippen LogP contribution in [-0.2, 0) is 0 Å². The molecule has 2 heterocycles. The molecule has 15 heavy (non-hydrogen) atoms. The number of thioether (sulfide) groups is 1. The molecule has 2 unspecified atom stereocenters. The van der Waals surface area contributed by atoms with Gasteiger partial charge in [0.15, 0.2) is 0 Å². The first-order chi connectivity index (χ1) is 7.25. The number of fused-ring (bicyclic) bond motifs is 2. The molecule has 2 atom stereocenters. The number of rotatable bonds is 0. The highest BCUT2D eigenvalue weighted by atomic mass is 32.2. The third-order valence-electron chi connectivity index (χ3n) is 3.24. The molecule has 0 bridgehead atoms. The molecular weight excluding hydrogens is 224 g/mol. The van der Waals surface area contributed by atoms with Crippen LogP contribution in [0.5, 0.6) is 0 Å². The van der Waals surface area contributed by atoms with Gasteiger partial charge in [-0.15, -0.1) is 0 Å². The summed E-state index contributed by atoms with van der Waals surface area (Å²) in [5.74, 6) is 1.07. The van der Waals surface area contributed by atoms with E-state index in [1.165, 1.54) is 29.7 Å². The quantitative estimate of drug-likeness (QED) is 0.603. The average molecular weight is 236 g/mol. The van der Waals surface area contributed by atoms with Gasteiger partial charge in [-0.1, -0.05) is 30.9 Å². The third kappa shape index (κ3) is 1.51. The molecule has 2 nitrogen and oxygen atoms in total. The Morgan fingerprint density at radius 3 is 3.27 bits per heavy atom. The number of aliphatic imine (C=N–C) groups is 2. The maximum atomic E-state index is 5.31. The Bertz CT molecular complexity index is 420. The zero-order chi connectivity index (χ0) is 10.4. The second-order valence-corrected chi connectivity index (χ2v) is 5.92. The Hall–Kier alpha value is -0.480. The minimum Gasteiger partial charge on any atom is -0.233 e. The normalized spacial score (nSPS) is 33.9. The van der Waals surface area contributed by atoms with Gasteiger partial charge in [0.05, 0.1) is 11.0 Å².